The number of ether oxygens (including phenoxy) is 1. The van der Waals surface area contributed by atoms with Gasteiger partial charge in [-0.05, 0) is 47.1 Å². The predicted molar refractivity (Wildman–Crippen MR) is 124 cm³/mol. The number of H-pyrrole nitrogens is 1. The van der Waals surface area contributed by atoms with Crippen LogP contribution < -0.4 is 0 Å². The van der Waals surface area contributed by atoms with E-state index in [1.807, 2.05) is 4.90 Å². The van der Waals surface area contributed by atoms with E-state index in [0.717, 1.165) is 6.07 Å². The fourth-order valence-electron chi connectivity index (χ4n) is 3.88. The van der Waals surface area contributed by atoms with Gasteiger partial charge in [0.1, 0.15) is 17.9 Å². The zero-order chi connectivity index (χ0) is 26.8. The smallest absolute Gasteiger partial charge is 0.416 e. The lowest BCUT2D eigenvalue weighted by Crippen LogP contribution is -2.49. The van der Waals surface area contributed by atoms with Crippen LogP contribution >= 0.6 is 0 Å². The van der Waals surface area contributed by atoms with Crippen molar-refractivity contribution >= 4 is 28.3 Å². The van der Waals surface area contributed by atoms with Crippen molar-refractivity contribution in [3.63, 3.8) is 0 Å². The minimum absolute atomic E-state index is 0.176. The van der Waals surface area contributed by atoms with Crippen LogP contribution in [0, 0.1) is 0 Å². The molecule has 0 aliphatic carbocycles. The van der Waals surface area contributed by atoms with E-state index in [0.29, 0.717) is 73.5 Å². The summed E-state index contributed by atoms with van der Waals surface area (Å²) in [4.78, 5) is 16.5. The van der Waals surface area contributed by atoms with Crippen LogP contribution in [0.1, 0.15) is 23.6 Å². The molecule has 1 aliphatic heterocycles. The van der Waals surface area contributed by atoms with Crippen LogP contribution in [0.5, 0.6) is 0 Å². The topological polar surface area (TPSA) is 97.4 Å². The molecule has 1 aliphatic rings. The van der Waals surface area contributed by atoms with Crippen LogP contribution in [0.4, 0.5) is 26.7 Å². The van der Waals surface area contributed by atoms with E-state index in [1.54, 1.807) is 18.2 Å². The van der Waals surface area contributed by atoms with Crippen molar-refractivity contribution in [2.24, 2.45) is 0 Å². The van der Waals surface area contributed by atoms with E-state index in [2.05, 4.69) is 15.4 Å². The lowest BCUT2D eigenvalue weighted by Gasteiger charge is -2.33. The number of carbonyl (C=O) groups is 1. The summed E-state index contributed by atoms with van der Waals surface area (Å²) in [5.41, 5.74) is -0.835. The fraction of sp³-hybridized carbons (Fsp3) is 0.435. The summed E-state index contributed by atoms with van der Waals surface area (Å²) in [7, 11) is 0. The van der Waals surface area contributed by atoms with Crippen molar-refractivity contribution in [3.05, 3.63) is 53.1 Å². The van der Waals surface area contributed by atoms with Crippen LogP contribution in [0.25, 0.3) is 11.0 Å². The average molecular weight is 546 g/mol. The number of halogens is 5. The van der Waals surface area contributed by atoms with Crippen LogP contribution in [0.3, 0.4) is 0 Å². The number of amides is 1. The van der Waals surface area contributed by atoms with Gasteiger partial charge in [-0.15, -0.1) is 5.10 Å². The Morgan fingerprint density at radius 2 is 1.78 bits per heavy atom. The second-order valence-electron chi connectivity index (χ2n) is 8.73. The number of carbonyl (C=O) groups excluding carboxylic acids is 1. The van der Waals surface area contributed by atoms with Gasteiger partial charge in [0.2, 0.25) is 0 Å². The van der Waals surface area contributed by atoms with E-state index in [4.69, 9.17) is 4.74 Å². The Morgan fingerprint density at radius 3 is 2.46 bits per heavy atom. The molecule has 37 heavy (non-hydrogen) atoms. The summed E-state index contributed by atoms with van der Waals surface area (Å²) in [6.45, 7) is 2.06. The van der Waals surface area contributed by atoms with Crippen LogP contribution in [0.15, 0.2) is 41.3 Å². The van der Waals surface area contributed by atoms with E-state index in [9.17, 15) is 31.3 Å². The number of hydrogen-bond acceptors (Lipinski definition) is 6. The highest BCUT2D eigenvalue weighted by Gasteiger charge is 2.34. The molecule has 1 fully saturated rings. The van der Waals surface area contributed by atoms with Gasteiger partial charge in [-0.25, -0.2) is 13.6 Å². The quantitative estimate of drug-likeness (QED) is 0.354. The molecule has 1 N–H and O–H groups in total. The first-order chi connectivity index (χ1) is 17.4. The molecule has 0 saturated carbocycles. The summed E-state index contributed by atoms with van der Waals surface area (Å²) in [6.07, 6.45) is -5.56. The maximum atomic E-state index is 13.7. The van der Waals surface area contributed by atoms with Gasteiger partial charge in [0.15, 0.2) is 4.90 Å². The fourth-order valence-corrected chi connectivity index (χ4v) is 5.01. The molecule has 0 bridgehead atoms. The SMILES string of the molecule is CC(F)(F)c1cc(COC(=O)N2CCN(CC[S+]([O-])c3ccc4nn[nH]c4c3)CC2)cc(C(F)(F)F)c1. The number of rotatable bonds is 7. The first-order valence-electron chi connectivity index (χ1n) is 11.3. The van der Waals surface area contributed by atoms with Crippen molar-refractivity contribution in [1.29, 1.82) is 0 Å². The maximum absolute atomic E-state index is 13.7. The molecule has 2 aromatic carbocycles. The molecule has 1 atom stereocenters. The number of aromatic amines is 1. The highest BCUT2D eigenvalue weighted by atomic mass is 32.2. The molecule has 1 saturated heterocycles. The lowest BCUT2D eigenvalue weighted by atomic mass is 10.0. The summed E-state index contributed by atoms with van der Waals surface area (Å²) in [5, 5.41) is 10.3. The summed E-state index contributed by atoms with van der Waals surface area (Å²) in [6, 6.07) is 7.22. The number of hydrogen-bond donors (Lipinski definition) is 1. The molecule has 4 rings (SSSR count). The van der Waals surface area contributed by atoms with Gasteiger partial charge in [0, 0.05) is 51.3 Å². The zero-order valence-corrected chi connectivity index (χ0v) is 20.5. The van der Waals surface area contributed by atoms with Crippen molar-refractivity contribution in [2.45, 2.75) is 30.5 Å². The van der Waals surface area contributed by atoms with Gasteiger partial charge < -0.3 is 14.2 Å². The second-order valence-corrected chi connectivity index (χ2v) is 10.3. The van der Waals surface area contributed by atoms with Crippen LogP contribution in [-0.4, -0.2) is 74.3 Å². The largest absolute Gasteiger partial charge is 0.611 e. The third-order valence-electron chi connectivity index (χ3n) is 5.97. The van der Waals surface area contributed by atoms with Gasteiger partial charge in [0.05, 0.1) is 11.1 Å². The van der Waals surface area contributed by atoms with Gasteiger partial charge in [0.25, 0.3) is 5.92 Å². The Labute approximate surface area is 211 Å². The number of benzene rings is 2. The second kappa shape index (κ2) is 10.8. The van der Waals surface area contributed by atoms with Gasteiger partial charge in [-0.3, -0.25) is 10.00 Å². The number of alkyl halides is 5. The van der Waals surface area contributed by atoms with Gasteiger partial charge >= 0.3 is 12.3 Å². The number of nitrogens with zero attached hydrogens (tertiary/aromatic N) is 4. The van der Waals surface area contributed by atoms with E-state index >= 15 is 0 Å². The van der Waals surface area contributed by atoms with Crippen molar-refractivity contribution in [3.8, 4) is 0 Å². The normalized spacial score (nSPS) is 16.2. The monoisotopic (exact) mass is 545 g/mol. The van der Waals surface area contributed by atoms with Gasteiger partial charge in [-0.1, -0.05) is 5.21 Å². The van der Waals surface area contributed by atoms with E-state index in [1.165, 1.54) is 4.90 Å². The molecule has 3 aromatic rings. The first-order valence-corrected chi connectivity index (χ1v) is 12.6. The molecule has 2 heterocycles. The standard InChI is InChI=1S/C23H24F5N5O3S/c1-22(24,25)16-10-15(11-17(12-16)23(26,27)28)14-36-21(34)33-6-4-32(5-7-33)8-9-37(35)18-2-3-19-20(13-18)30-31-29-19/h2-3,10-13H,4-9,14H2,1H3,(H,29,30,31). The summed E-state index contributed by atoms with van der Waals surface area (Å²) >= 11 is -1.24. The molecule has 0 radical (unpaired) electrons. The summed E-state index contributed by atoms with van der Waals surface area (Å²) in [5.74, 6) is -3.10. The molecule has 200 valence electrons. The Hall–Kier alpha value is -2.97. The number of fused-ring (bicyclic) bond motifs is 1. The van der Waals surface area contributed by atoms with Crippen molar-refractivity contribution < 1.29 is 36.0 Å². The van der Waals surface area contributed by atoms with Crippen molar-refractivity contribution in [2.75, 3.05) is 38.5 Å². The van der Waals surface area contributed by atoms with Crippen LogP contribution in [-0.2, 0) is 34.6 Å². The zero-order valence-electron chi connectivity index (χ0n) is 19.7. The predicted octanol–water partition coefficient (Wildman–Crippen LogP) is 4.15. The molecular weight excluding hydrogens is 521 g/mol. The summed E-state index contributed by atoms with van der Waals surface area (Å²) < 4.78 is 84.5. The highest BCUT2D eigenvalue weighted by molar-refractivity contribution is 7.91. The molecule has 0 spiro atoms. The first kappa shape index (κ1) is 27.1. The molecule has 1 amide bonds. The van der Waals surface area contributed by atoms with Crippen molar-refractivity contribution in [1.82, 2.24) is 25.2 Å². The Bertz CT molecular complexity index is 1210. The third-order valence-corrected chi connectivity index (χ3v) is 7.30. The Kier molecular flexibility index (Phi) is 7.90. The number of piperazine rings is 1. The molecule has 14 heteroatoms. The van der Waals surface area contributed by atoms with Gasteiger partial charge in [-0.2, -0.15) is 13.2 Å². The molecular formula is C23H24F5N5O3S. The Morgan fingerprint density at radius 1 is 1.08 bits per heavy atom. The van der Waals surface area contributed by atoms with E-state index < -0.39 is 47.1 Å². The minimum atomic E-state index is -4.82. The maximum Gasteiger partial charge on any atom is 0.416 e. The Balaban J connectivity index is 1.26. The molecule has 8 nitrogen and oxygen atoms in total. The third kappa shape index (κ3) is 6.87. The lowest BCUT2D eigenvalue weighted by molar-refractivity contribution is -0.137. The molecule has 1 aromatic heterocycles. The molecule has 1 unspecified atom stereocenters. The van der Waals surface area contributed by atoms with E-state index in [-0.39, 0.29) is 5.56 Å². The number of nitrogens with one attached hydrogen (secondary N) is 1. The minimum Gasteiger partial charge on any atom is -0.611 e. The number of aromatic nitrogens is 3. The highest BCUT2D eigenvalue weighted by Crippen LogP contribution is 2.35. The average Bonchev–Trinajstić information content (AvgIpc) is 3.33. The van der Waals surface area contributed by atoms with Crippen LogP contribution in [0.2, 0.25) is 0 Å².